The highest BCUT2D eigenvalue weighted by Gasteiger charge is 2.23. The molecule has 3 heteroatoms. The largest absolute Gasteiger partial charge is 0.497 e. The van der Waals surface area contributed by atoms with Crippen molar-refractivity contribution in [2.24, 2.45) is 11.1 Å². The zero-order valence-corrected chi connectivity index (χ0v) is 12.8. The van der Waals surface area contributed by atoms with Crippen LogP contribution in [-0.2, 0) is 6.54 Å². The van der Waals surface area contributed by atoms with E-state index in [1.165, 1.54) is 18.4 Å². The molecule has 0 aromatic heterocycles. The van der Waals surface area contributed by atoms with Crippen molar-refractivity contribution in [1.29, 1.82) is 0 Å². The van der Waals surface area contributed by atoms with Gasteiger partial charge in [0.2, 0.25) is 0 Å². The number of hydrogen-bond acceptors (Lipinski definition) is 3. The van der Waals surface area contributed by atoms with Crippen LogP contribution in [0.5, 0.6) is 5.75 Å². The fourth-order valence-corrected chi connectivity index (χ4v) is 2.60. The maximum absolute atomic E-state index is 5.93. The van der Waals surface area contributed by atoms with Crippen LogP contribution in [0.2, 0.25) is 0 Å². The predicted molar refractivity (Wildman–Crippen MR) is 81.4 cm³/mol. The highest BCUT2D eigenvalue weighted by molar-refractivity contribution is 5.27. The molecule has 1 unspecified atom stereocenters. The zero-order chi connectivity index (χ0) is 14.3. The average molecular weight is 264 g/mol. The molecule has 0 aliphatic rings. The summed E-state index contributed by atoms with van der Waals surface area (Å²) in [5.74, 6) is 0.907. The van der Waals surface area contributed by atoms with E-state index in [-0.39, 0.29) is 5.41 Å². The normalized spacial score (nSPS) is 14.4. The highest BCUT2D eigenvalue weighted by Crippen LogP contribution is 2.23. The van der Waals surface area contributed by atoms with Crippen molar-refractivity contribution in [3.63, 3.8) is 0 Å². The Kier molecular flexibility index (Phi) is 6.32. The van der Waals surface area contributed by atoms with Gasteiger partial charge in [0, 0.05) is 13.1 Å². The quantitative estimate of drug-likeness (QED) is 0.784. The van der Waals surface area contributed by atoms with E-state index in [2.05, 4.69) is 37.9 Å². The standard InChI is InChI=1S/C16H28N2O/c1-5-10-16(2,12-17)13-18(3)11-14-6-8-15(19-4)9-7-14/h6-9H,5,10-13,17H2,1-4H3. The SMILES string of the molecule is CCCC(C)(CN)CN(C)Cc1ccc(OC)cc1. The Hall–Kier alpha value is -1.06. The first-order valence-electron chi connectivity index (χ1n) is 7.04. The molecule has 0 aliphatic heterocycles. The van der Waals surface area contributed by atoms with E-state index in [4.69, 9.17) is 10.5 Å². The molecule has 0 amide bonds. The maximum atomic E-state index is 5.93. The summed E-state index contributed by atoms with van der Waals surface area (Å²) in [4.78, 5) is 2.35. The second-order valence-corrected chi connectivity index (χ2v) is 5.79. The van der Waals surface area contributed by atoms with E-state index in [9.17, 15) is 0 Å². The molecule has 0 saturated heterocycles. The third kappa shape index (κ3) is 5.21. The van der Waals surface area contributed by atoms with E-state index in [1.807, 2.05) is 12.1 Å². The Morgan fingerprint density at radius 3 is 2.37 bits per heavy atom. The van der Waals surface area contributed by atoms with Gasteiger partial charge in [0.25, 0.3) is 0 Å². The summed E-state index contributed by atoms with van der Waals surface area (Å²) < 4.78 is 5.17. The lowest BCUT2D eigenvalue weighted by Crippen LogP contribution is -2.38. The van der Waals surface area contributed by atoms with Gasteiger partial charge < -0.3 is 15.4 Å². The van der Waals surface area contributed by atoms with E-state index in [0.29, 0.717) is 0 Å². The molecule has 2 N–H and O–H groups in total. The molecular weight excluding hydrogens is 236 g/mol. The molecule has 1 atom stereocenters. The van der Waals surface area contributed by atoms with Crippen molar-refractivity contribution in [2.45, 2.75) is 33.2 Å². The minimum atomic E-state index is 0.218. The molecule has 3 nitrogen and oxygen atoms in total. The zero-order valence-electron chi connectivity index (χ0n) is 12.8. The van der Waals surface area contributed by atoms with Crippen molar-refractivity contribution in [1.82, 2.24) is 4.90 Å². The fraction of sp³-hybridized carbons (Fsp3) is 0.625. The van der Waals surface area contributed by atoms with Crippen LogP contribution in [0.25, 0.3) is 0 Å². The Labute approximate surface area is 117 Å². The van der Waals surface area contributed by atoms with Crippen LogP contribution in [0.1, 0.15) is 32.3 Å². The first-order valence-corrected chi connectivity index (χ1v) is 7.04. The molecular formula is C16H28N2O. The molecule has 0 spiro atoms. The molecule has 0 heterocycles. The molecule has 0 bridgehead atoms. The first-order chi connectivity index (χ1) is 9.03. The van der Waals surface area contributed by atoms with Crippen LogP contribution in [0, 0.1) is 5.41 Å². The summed E-state index contributed by atoms with van der Waals surface area (Å²) in [6.07, 6.45) is 2.36. The lowest BCUT2D eigenvalue weighted by atomic mass is 9.85. The summed E-state index contributed by atoms with van der Waals surface area (Å²) in [6, 6.07) is 8.26. The number of hydrogen-bond donors (Lipinski definition) is 1. The van der Waals surface area contributed by atoms with Crippen LogP contribution in [0.3, 0.4) is 0 Å². The molecule has 0 fully saturated rings. The number of ether oxygens (including phenoxy) is 1. The number of rotatable bonds is 8. The van der Waals surface area contributed by atoms with Crippen LogP contribution in [0.4, 0.5) is 0 Å². The maximum Gasteiger partial charge on any atom is 0.118 e. The summed E-state index contributed by atoms with van der Waals surface area (Å²) in [5.41, 5.74) is 7.45. The van der Waals surface area contributed by atoms with E-state index in [0.717, 1.165) is 25.4 Å². The lowest BCUT2D eigenvalue weighted by Gasteiger charge is -2.32. The van der Waals surface area contributed by atoms with E-state index < -0.39 is 0 Å². The number of nitrogens with two attached hydrogens (primary N) is 1. The molecule has 108 valence electrons. The summed E-state index contributed by atoms with van der Waals surface area (Å²) in [5, 5.41) is 0. The van der Waals surface area contributed by atoms with E-state index in [1.54, 1.807) is 7.11 Å². The molecule has 1 aromatic rings. The highest BCUT2D eigenvalue weighted by atomic mass is 16.5. The van der Waals surface area contributed by atoms with Crippen LogP contribution >= 0.6 is 0 Å². The molecule has 0 radical (unpaired) electrons. The topological polar surface area (TPSA) is 38.5 Å². The number of nitrogens with zero attached hydrogens (tertiary/aromatic N) is 1. The first kappa shape index (κ1) is 16.0. The molecule has 1 rings (SSSR count). The van der Waals surface area contributed by atoms with Gasteiger partial charge in [0.05, 0.1) is 7.11 Å². The third-order valence-electron chi connectivity index (χ3n) is 3.61. The van der Waals surface area contributed by atoms with Gasteiger partial charge in [0.15, 0.2) is 0 Å². The minimum absolute atomic E-state index is 0.218. The summed E-state index contributed by atoms with van der Waals surface area (Å²) >= 11 is 0. The Morgan fingerprint density at radius 1 is 1.26 bits per heavy atom. The van der Waals surface area contributed by atoms with Crippen LogP contribution in [-0.4, -0.2) is 32.1 Å². The van der Waals surface area contributed by atoms with Crippen molar-refractivity contribution in [3.05, 3.63) is 29.8 Å². The van der Waals surface area contributed by atoms with E-state index >= 15 is 0 Å². The monoisotopic (exact) mass is 264 g/mol. The second kappa shape index (κ2) is 7.51. The molecule has 0 saturated carbocycles. The Bertz CT molecular complexity index is 364. The Morgan fingerprint density at radius 2 is 1.89 bits per heavy atom. The van der Waals surface area contributed by atoms with Gasteiger partial charge in [-0.1, -0.05) is 32.4 Å². The van der Waals surface area contributed by atoms with Crippen molar-refractivity contribution >= 4 is 0 Å². The minimum Gasteiger partial charge on any atom is -0.497 e. The van der Waals surface area contributed by atoms with Gasteiger partial charge in [-0.25, -0.2) is 0 Å². The van der Waals surface area contributed by atoms with Crippen LogP contribution in [0.15, 0.2) is 24.3 Å². The van der Waals surface area contributed by atoms with Gasteiger partial charge >= 0.3 is 0 Å². The Balaban J connectivity index is 2.55. The third-order valence-corrected chi connectivity index (χ3v) is 3.61. The predicted octanol–water partition coefficient (Wildman–Crippen LogP) is 2.89. The van der Waals surface area contributed by atoms with Gasteiger partial charge in [-0.2, -0.15) is 0 Å². The van der Waals surface area contributed by atoms with Crippen molar-refractivity contribution in [2.75, 3.05) is 27.2 Å². The molecule has 19 heavy (non-hydrogen) atoms. The second-order valence-electron chi connectivity index (χ2n) is 5.79. The van der Waals surface area contributed by atoms with Gasteiger partial charge in [-0.05, 0) is 43.1 Å². The summed E-state index contributed by atoms with van der Waals surface area (Å²) in [6.45, 7) is 7.22. The smallest absolute Gasteiger partial charge is 0.118 e. The van der Waals surface area contributed by atoms with Crippen molar-refractivity contribution < 1.29 is 4.74 Å². The van der Waals surface area contributed by atoms with Gasteiger partial charge in [-0.15, -0.1) is 0 Å². The fourth-order valence-electron chi connectivity index (χ4n) is 2.60. The van der Waals surface area contributed by atoms with Crippen LogP contribution < -0.4 is 10.5 Å². The molecule has 1 aromatic carbocycles. The number of benzene rings is 1. The van der Waals surface area contributed by atoms with Gasteiger partial charge in [-0.3, -0.25) is 0 Å². The summed E-state index contributed by atoms with van der Waals surface area (Å²) in [7, 11) is 3.85. The van der Waals surface area contributed by atoms with Gasteiger partial charge in [0.1, 0.15) is 5.75 Å². The van der Waals surface area contributed by atoms with Crippen molar-refractivity contribution in [3.8, 4) is 5.75 Å². The number of methoxy groups -OCH3 is 1. The lowest BCUT2D eigenvalue weighted by molar-refractivity contribution is 0.179. The average Bonchev–Trinajstić information content (AvgIpc) is 2.39. The molecule has 0 aliphatic carbocycles.